The zero-order chi connectivity index (χ0) is 20.3. The van der Waals surface area contributed by atoms with Crippen LogP contribution in [-0.2, 0) is 4.79 Å². The largest absolute Gasteiger partial charge is 0.497 e. The fourth-order valence-electron chi connectivity index (χ4n) is 3.05. The molecule has 1 saturated heterocycles. The van der Waals surface area contributed by atoms with Crippen LogP contribution in [0, 0.1) is 24.0 Å². The third-order valence-electron chi connectivity index (χ3n) is 4.44. The average molecular weight is 385 g/mol. The topological polar surface area (TPSA) is 79.5 Å². The van der Waals surface area contributed by atoms with Gasteiger partial charge in [0.05, 0.1) is 7.11 Å². The molecule has 0 saturated carbocycles. The molecule has 28 heavy (non-hydrogen) atoms. The van der Waals surface area contributed by atoms with Crippen molar-refractivity contribution >= 4 is 17.6 Å². The predicted octanol–water partition coefficient (Wildman–Crippen LogP) is 2.36. The van der Waals surface area contributed by atoms with Gasteiger partial charge in [-0.3, -0.25) is 4.79 Å². The molecule has 1 heterocycles. The Hall–Kier alpha value is -3.60. The Balaban J connectivity index is 1.77. The zero-order valence-corrected chi connectivity index (χ0v) is 14.9. The first kappa shape index (κ1) is 19.2. The molecule has 3 rings (SSSR count). The van der Waals surface area contributed by atoms with Gasteiger partial charge < -0.3 is 20.7 Å². The van der Waals surface area contributed by atoms with Crippen molar-refractivity contribution in [3.63, 3.8) is 0 Å². The van der Waals surface area contributed by atoms with E-state index >= 15 is 0 Å². The molecule has 1 aliphatic heterocycles. The lowest BCUT2D eigenvalue weighted by Crippen LogP contribution is -2.45. The number of hydrogen-bond donors (Lipinski definition) is 3. The summed E-state index contributed by atoms with van der Waals surface area (Å²) in [5.74, 6) is -0.667. The number of urea groups is 1. The normalized spacial score (nSPS) is 18.1. The molecule has 0 bridgehead atoms. The average Bonchev–Trinajstić information content (AvgIpc) is 3.02. The molecule has 6 nitrogen and oxygen atoms in total. The summed E-state index contributed by atoms with van der Waals surface area (Å²) >= 11 is 0. The summed E-state index contributed by atoms with van der Waals surface area (Å²) in [7, 11) is 1.29. The van der Waals surface area contributed by atoms with Crippen LogP contribution in [0.2, 0.25) is 0 Å². The van der Waals surface area contributed by atoms with E-state index in [1.807, 2.05) is 0 Å². The number of carbonyl (C=O) groups excluding carboxylic acids is 2. The number of halogens is 2. The number of nitrogens with one attached hydrogen (secondary N) is 3. The Morgan fingerprint density at radius 3 is 2.46 bits per heavy atom. The van der Waals surface area contributed by atoms with Crippen molar-refractivity contribution in [1.82, 2.24) is 10.6 Å². The van der Waals surface area contributed by atoms with Crippen molar-refractivity contribution in [1.29, 1.82) is 0 Å². The number of terminal acetylenes is 1. The second-order valence-electron chi connectivity index (χ2n) is 6.15. The number of rotatable bonds is 4. The number of carbonyl (C=O) groups is 2. The molecule has 2 aromatic rings. The number of ether oxygens (including phenoxy) is 1. The highest BCUT2D eigenvalue weighted by Crippen LogP contribution is 2.31. The van der Waals surface area contributed by atoms with Gasteiger partial charge in [0, 0.05) is 41.4 Å². The molecule has 3 amide bonds. The molecule has 0 radical (unpaired) electrons. The second kappa shape index (κ2) is 7.96. The van der Waals surface area contributed by atoms with Crippen LogP contribution in [0.15, 0.2) is 36.4 Å². The molecule has 3 N–H and O–H groups in total. The molecule has 0 spiro atoms. The maximum Gasteiger partial charge on any atom is 0.319 e. The number of anilines is 1. The van der Waals surface area contributed by atoms with Crippen LogP contribution in [0.25, 0.3) is 0 Å². The summed E-state index contributed by atoms with van der Waals surface area (Å²) in [6, 6.07) is 6.73. The molecule has 1 aliphatic rings. The van der Waals surface area contributed by atoms with Crippen molar-refractivity contribution in [2.75, 3.05) is 19.0 Å². The summed E-state index contributed by atoms with van der Waals surface area (Å²) in [6.07, 6.45) is 5.28. The van der Waals surface area contributed by atoms with Gasteiger partial charge in [-0.25, -0.2) is 13.6 Å². The summed E-state index contributed by atoms with van der Waals surface area (Å²) in [5.41, 5.74) is 0.808. The van der Waals surface area contributed by atoms with Gasteiger partial charge >= 0.3 is 6.03 Å². The maximum atomic E-state index is 14.4. The van der Waals surface area contributed by atoms with Crippen LogP contribution in [0.4, 0.5) is 19.3 Å². The van der Waals surface area contributed by atoms with E-state index in [9.17, 15) is 18.4 Å². The van der Waals surface area contributed by atoms with Gasteiger partial charge in [-0.15, -0.1) is 6.42 Å². The van der Waals surface area contributed by atoms with Crippen LogP contribution in [-0.4, -0.2) is 31.6 Å². The van der Waals surface area contributed by atoms with Gasteiger partial charge in [0.15, 0.2) is 0 Å². The Kier molecular flexibility index (Phi) is 5.45. The van der Waals surface area contributed by atoms with Crippen LogP contribution in [0.3, 0.4) is 0 Å². The molecular weight excluding hydrogens is 368 g/mol. The Morgan fingerprint density at radius 2 is 1.89 bits per heavy atom. The first-order chi connectivity index (χ1) is 13.4. The van der Waals surface area contributed by atoms with Crippen LogP contribution < -0.4 is 20.7 Å². The highest BCUT2D eigenvalue weighted by atomic mass is 19.1. The number of amides is 3. The third kappa shape index (κ3) is 3.88. The molecule has 0 aliphatic carbocycles. The quantitative estimate of drug-likeness (QED) is 0.707. The fraction of sp³-hybridized carbons (Fsp3) is 0.200. The second-order valence-corrected chi connectivity index (χ2v) is 6.15. The van der Waals surface area contributed by atoms with Gasteiger partial charge in [0.2, 0.25) is 5.91 Å². The highest BCUT2D eigenvalue weighted by molar-refractivity contribution is 5.95. The van der Waals surface area contributed by atoms with Gasteiger partial charge in [-0.2, -0.15) is 0 Å². The highest BCUT2D eigenvalue weighted by Gasteiger charge is 2.40. The summed E-state index contributed by atoms with van der Waals surface area (Å²) in [5, 5.41) is 7.54. The summed E-state index contributed by atoms with van der Waals surface area (Å²) in [4.78, 5) is 24.4. The van der Waals surface area contributed by atoms with E-state index in [1.165, 1.54) is 7.11 Å². The van der Waals surface area contributed by atoms with E-state index < -0.39 is 35.5 Å². The van der Waals surface area contributed by atoms with Gasteiger partial charge in [0.25, 0.3) is 0 Å². The number of methoxy groups -OCH3 is 1. The molecule has 2 aromatic carbocycles. The standard InChI is InChI=1S/C20H17F2N3O3/c1-3-11-4-6-12(7-5-11)24-20(27)25-18-14(10-23-19(18)26)17-15(21)8-13(28-2)9-16(17)22/h1,4-9,14,18H,10H2,2H3,(H,23,26)(H2,24,25,27). The first-order valence-corrected chi connectivity index (χ1v) is 8.37. The molecule has 0 aromatic heterocycles. The molecule has 2 unspecified atom stereocenters. The minimum Gasteiger partial charge on any atom is -0.497 e. The molecule has 8 heteroatoms. The van der Waals surface area contributed by atoms with Gasteiger partial charge in [-0.05, 0) is 24.3 Å². The first-order valence-electron chi connectivity index (χ1n) is 8.37. The zero-order valence-electron chi connectivity index (χ0n) is 14.9. The molecule has 1 fully saturated rings. The lowest BCUT2D eigenvalue weighted by Gasteiger charge is -2.20. The van der Waals surface area contributed by atoms with E-state index in [-0.39, 0.29) is 17.9 Å². The van der Waals surface area contributed by atoms with Crippen molar-refractivity contribution in [3.05, 3.63) is 59.2 Å². The Bertz CT molecular complexity index is 931. The summed E-state index contributed by atoms with van der Waals surface area (Å²) in [6.45, 7) is -0.0131. The van der Waals surface area contributed by atoms with Crippen LogP contribution in [0.5, 0.6) is 5.75 Å². The number of benzene rings is 2. The summed E-state index contributed by atoms with van der Waals surface area (Å²) < 4.78 is 33.6. The van der Waals surface area contributed by atoms with E-state index in [1.54, 1.807) is 24.3 Å². The SMILES string of the molecule is C#Cc1ccc(NC(=O)NC2C(=O)NCC2c2c(F)cc(OC)cc2F)cc1. The van der Waals surface area contributed by atoms with E-state index in [2.05, 4.69) is 21.9 Å². The molecule has 2 atom stereocenters. The smallest absolute Gasteiger partial charge is 0.319 e. The predicted molar refractivity (Wildman–Crippen MR) is 99.0 cm³/mol. The van der Waals surface area contributed by atoms with Gasteiger partial charge in [0.1, 0.15) is 23.4 Å². The van der Waals surface area contributed by atoms with Gasteiger partial charge in [-0.1, -0.05) is 5.92 Å². The number of hydrogen-bond acceptors (Lipinski definition) is 3. The Labute approximate surface area is 160 Å². The van der Waals surface area contributed by atoms with Crippen molar-refractivity contribution in [3.8, 4) is 18.1 Å². The van der Waals surface area contributed by atoms with E-state index in [0.717, 1.165) is 12.1 Å². The molecular formula is C20H17F2N3O3. The van der Waals surface area contributed by atoms with E-state index in [4.69, 9.17) is 11.2 Å². The van der Waals surface area contributed by atoms with Crippen molar-refractivity contribution < 1.29 is 23.1 Å². The lowest BCUT2D eigenvalue weighted by atomic mass is 9.93. The lowest BCUT2D eigenvalue weighted by molar-refractivity contribution is -0.120. The third-order valence-corrected chi connectivity index (χ3v) is 4.44. The van der Waals surface area contributed by atoms with Crippen molar-refractivity contribution in [2.45, 2.75) is 12.0 Å². The molecule has 144 valence electrons. The van der Waals surface area contributed by atoms with Crippen LogP contribution in [0.1, 0.15) is 17.0 Å². The van der Waals surface area contributed by atoms with E-state index in [0.29, 0.717) is 11.3 Å². The van der Waals surface area contributed by atoms with Crippen LogP contribution >= 0.6 is 0 Å². The minimum atomic E-state index is -1.14. The van der Waals surface area contributed by atoms with Crippen molar-refractivity contribution in [2.24, 2.45) is 0 Å². The Morgan fingerprint density at radius 1 is 1.25 bits per heavy atom. The fourth-order valence-corrected chi connectivity index (χ4v) is 3.05. The monoisotopic (exact) mass is 385 g/mol. The minimum absolute atomic E-state index is 0.0131. The maximum absolute atomic E-state index is 14.4.